The lowest BCUT2D eigenvalue weighted by Gasteiger charge is -2.71. The molecule has 0 unspecified atom stereocenters. The fraction of sp³-hybridized carbons (Fsp3) is 0.712. The first-order valence-electron chi connectivity index (χ1n) is 23.4. The molecule has 5 fully saturated rings. The fourth-order valence-corrected chi connectivity index (χ4v) is 16.4. The Hall–Kier alpha value is -2.87. The highest BCUT2D eigenvalue weighted by atomic mass is 16.6. The second-order valence-electron chi connectivity index (χ2n) is 23.1. The number of aliphatic hydroxyl groups excluding tert-OH is 2. The van der Waals surface area contributed by atoms with Crippen LogP contribution in [0.15, 0.2) is 56.9 Å². The number of fused-ring (bicyclic) bond motifs is 4. The summed E-state index contributed by atoms with van der Waals surface area (Å²) in [5.74, 6) is 0.946. The number of Topliss-reactive ketones (excluding diaryl/α,β-unsaturated/α-hetero) is 2. The molecule has 0 radical (unpaired) electrons. The Bertz CT molecular complexity index is 2130. The van der Waals surface area contributed by atoms with Gasteiger partial charge in [0.25, 0.3) is 0 Å². The number of aryl methyl sites for hydroxylation is 2. The molecule has 0 amide bonds. The Labute approximate surface area is 353 Å². The molecule has 4 aliphatic heterocycles. The molecule has 11 atom stereocenters. The molecule has 9 aliphatic rings. The lowest BCUT2D eigenvalue weighted by molar-refractivity contribution is -0.226. The van der Waals surface area contributed by atoms with Gasteiger partial charge >= 0.3 is 0 Å². The highest BCUT2D eigenvalue weighted by Gasteiger charge is 2.73. The number of ketones is 2. The topological polar surface area (TPSA) is 103 Å². The Morgan fingerprint density at radius 1 is 0.932 bits per heavy atom. The molecule has 7 heteroatoms. The monoisotopic (exact) mass is 803 g/mol. The van der Waals surface area contributed by atoms with Crippen LogP contribution in [0.1, 0.15) is 142 Å². The molecule has 5 aliphatic carbocycles. The molecule has 2 N–H and O–H groups in total. The van der Waals surface area contributed by atoms with Crippen molar-refractivity contribution in [3.8, 4) is 0 Å². The van der Waals surface area contributed by atoms with Crippen LogP contribution < -0.4 is 0 Å². The zero-order valence-electron chi connectivity index (χ0n) is 37.5. The molecule has 0 bridgehead atoms. The van der Waals surface area contributed by atoms with E-state index >= 15 is 4.79 Å². The summed E-state index contributed by atoms with van der Waals surface area (Å²) < 4.78 is 6.04. The quantitative estimate of drug-likeness (QED) is 0.278. The van der Waals surface area contributed by atoms with Crippen molar-refractivity contribution in [2.45, 2.75) is 170 Å². The van der Waals surface area contributed by atoms with Gasteiger partial charge in [0, 0.05) is 54.5 Å². The predicted molar refractivity (Wildman–Crippen MR) is 232 cm³/mol. The van der Waals surface area contributed by atoms with Crippen molar-refractivity contribution in [1.82, 2.24) is 4.90 Å². The number of carbonyl (C=O) groups is 2. The Morgan fingerprint density at radius 2 is 1.63 bits per heavy atom. The third kappa shape index (κ3) is 5.57. The highest BCUT2D eigenvalue weighted by molar-refractivity contribution is 6.02. The number of rotatable bonds is 6. The van der Waals surface area contributed by atoms with Gasteiger partial charge in [-0.3, -0.25) is 14.6 Å². The number of carbonyl (C=O) groups excluding carboxylic acids is 2. The van der Waals surface area contributed by atoms with Crippen LogP contribution in [0.4, 0.5) is 0 Å². The molecule has 0 spiro atoms. The van der Waals surface area contributed by atoms with E-state index in [1.807, 2.05) is 13.8 Å². The Balaban J connectivity index is 1.12. The molecule has 1 aromatic carbocycles. The largest absolute Gasteiger partial charge is 0.392 e. The molecule has 7 nitrogen and oxygen atoms in total. The lowest BCUT2D eigenvalue weighted by Crippen LogP contribution is -2.69. The van der Waals surface area contributed by atoms with E-state index in [1.165, 1.54) is 51.9 Å². The molecule has 0 aromatic heterocycles. The Morgan fingerprint density at radius 3 is 2.31 bits per heavy atom. The molecule has 4 heterocycles. The summed E-state index contributed by atoms with van der Waals surface area (Å²) in [5.41, 5.74) is 8.30. The summed E-state index contributed by atoms with van der Waals surface area (Å²) in [6.45, 7) is 21.6. The van der Waals surface area contributed by atoms with E-state index in [2.05, 4.69) is 77.8 Å². The third-order valence-corrected chi connectivity index (χ3v) is 19.3. The number of ether oxygens (including phenoxy) is 1. The number of allylic oxidation sites excluding steroid dienone is 2. The first-order chi connectivity index (χ1) is 27.7. The lowest BCUT2D eigenvalue weighted by atomic mass is 9.33. The van der Waals surface area contributed by atoms with Crippen molar-refractivity contribution in [1.29, 1.82) is 0 Å². The summed E-state index contributed by atoms with van der Waals surface area (Å²) in [5, 5.41) is 25.6. The number of aliphatic hydroxyl groups is 2. The van der Waals surface area contributed by atoms with E-state index in [9.17, 15) is 15.0 Å². The normalized spacial score (nSPS) is 43.0. The van der Waals surface area contributed by atoms with E-state index in [0.717, 1.165) is 62.8 Å². The molecular weight excluding hydrogens is 733 g/mol. The smallest absolute Gasteiger partial charge is 0.160 e. The minimum atomic E-state index is -0.707. The van der Waals surface area contributed by atoms with Crippen LogP contribution in [0.3, 0.4) is 0 Å². The zero-order chi connectivity index (χ0) is 41.8. The number of hydrogen-bond acceptors (Lipinski definition) is 7. The molecular formula is C52H70N2O5. The molecule has 318 valence electrons. The van der Waals surface area contributed by atoms with E-state index < -0.39 is 23.0 Å². The van der Waals surface area contributed by atoms with Crippen LogP contribution in [-0.4, -0.2) is 69.9 Å². The molecule has 1 aromatic rings. The van der Waals surface area contributed by atoms with Crippen LogP contribution in [-0.2, 0) is 20.7 Å². The van der Waals surface area contributed by atoms with Gasteiger partial charge < -0.3 is 19.8 Å². The molecule has 4 saturated carbocycles. The van der Waals surface area contributed by atoms with Crippen LogP contribution in [0.2, 0.25) is 0 Å². The number of aliphatic imine (C=N–C) groups is 1. The van der Waals surface area contributed by atoms with Crippen LogP contribution in [0.5, 0.6) is 0 Å². The van der Waals surface area contributed by atoms with E-state index in [-0.39, 0.29) is 51.5 Å². The van der Waals surface area contributed by atoms with Gasteiger partial charge in [0.15, 0.2) is 5.78 Å². The van der Waals surface area contributed by atoms with Crippen LogP contribution >= 0.6 is 0 Å². The number of benzene rings is 1. The van der Waals surface area contributed by atoms with Gasteiger partial charge in [-0.25, -0.2) is 0 Å². The predicted octanol–water partition coefficient (Wildman–Crippen LogP) is 9.35. The van der Waals surface area contributed by atoms with Crippen molar-refractivity contribution < 1.29 is 24.5 Å². The summed E-state index contributed by atoms with van der Waals surface area (Å²) in [7, 11) is 0. The number of nitrogens with zero attached hydrogens (tertiary/aromatic N) is 2. The average Bonchev–Trinajstić information content (AvgIpc) is 3.70. The maximum Gasteiger partial charge on any atom is 0.160 e. The van der Waals surface area contributed by atoms with Gasteiger partial charge in [-0.1, -0.05) is 76.8 Å². The van der Waals surface area contributed by atoms with Crippen molar-refractivity contribution in [2.75, 3.05) is 13.1 Å². The molecule has 10 rings (SSSR count). The van der Waals surface area contributed by atoms with Crippen LogP contribution in [0, 0.1) is 64.6 Å². The van der Waals surface area contributed by atoms with Gasteiger partial charge in [-0.05, 0) is 142 Å². The van der Waals surface area contributed by atoms with Gasteiger partial charge in [-0.2, -0.15) is 0 Å². The standard InChI is InChI=1S/C52H70N2O5/c1-29-20-30(2)22-31(21-29)23-33-27-54-28-35-40-41(48(5,24-37(56)46-47(3,4)59-46)17-14-32-26-53-42(33)43(32)54)36(55)25-51(40,8)50(7)19-15-38-49(6,45(50)44(35)58)18-16-39(57)52(38,9)34-12-10-11-13-34/h20-22,26,34-35,37-38,44-46,56,58H,10-19,23-25,27-28H2,1-9H3/t35-,37-,38-,44-,45+,46+,48+,49+,50+,51+,52+/m1/s1. The number of hydrogen-bond donors (Lipinski definition) is 2. The van der Waals surface area contributed by atoms with E-state index in [4.69, 9.17) is 9.73 Å². The fourth-order valence-electron chi connectivity index (χ4n) is 16.4. The maximum absolute atomic E-state index is 15.3. The molecule has 59 heavy (non-hydrogen) atoms. The minimum Gasteiger partial charge on any atom is -0.392 e. The zero-order valence-corrected chi connectivity index (χ0v) is 37.5. The SMILES string of the molecule is Cc1cc(C)cc(CC2=C3N=CC4=C3N(C2)C[C@@H]2C3=C(C(=O)C[C@]3(C)[C@@]3(C)CC[C@@H]5[C@](C)(CCC(=O)[C@@]5(C)C5CCCC5)[C@@H]3[C@@H]2O)[C@](C)(C[C@@H](O)[C@@H]2OC2(C)C)CC4)c1. The second-order valence-corrected chi connectivity index (χ2v) is 23.1. The third-order valence-electron chi connectivity index (χ3n) is 19.3. The van der Waals surface area contributed by atoms with Crippen molar-refractivity contribution in [3.63, 3.8) is 0 Å². The first kappa shape index (κ1) is 40.2. The maximum atomic E-state index is 15.3. The van der Waals surface area contributed by atoms with E-state index in [1.54, 1.807) is 0 Å². The van der Waals surface area contributed by atoms with Gasteiger partial charge in [0.2, 0.25) is 0 Å². The van der Waals surface area contributed by atoms with Gasteiger partial charge in [0.1, 0.15) is 11.9 Å². The summed E-state index contributed by atoms with van der Waals surface area (Å²) in [6, 6.07) is 6.83. The van der Waals surface area contributed by atoms with Crippen LogP contribution in [0.25, 0.3) is 0 Å². The molecule has 1 saturated heterocycles. The van der Waals surface area contributed by atoms with Gasteiger partial charge in [0.05, 0.1) is 29.2 Å². The summed E-state index contributed by atoms with van der Waals surface area (Å²) in [6.07, 6.45) is 11.5. The van der Waals surface area contributed by atoms with Gasteiger partial charge in [-0.15, -0.1) is 0 Å². The minimum absolute atomic E-state index is 0.0630. The number of epoxide rings is 1. The Kier molecular flexibility index (Phi) is 8.92. The summed E-state index contributed by atoms with van der Waals surface area (Å²) in [4.78, 5) is 37.3. The van der Waals surface area contributed by atoms with E-state index in [0.29, 0.717) is 43.9 Å². The second kappa shape index (κ2) is 13.1. The highest BCUT2D eigenvalue weighted by Crippen LogP contribution is 2.76. The van der Waals surface area contributed by atoms with Crippen molar-refractivity contribution >= 4 is 17.8 Å². The van der Waals surface area contributed by atoms with Crippen molar-refractivity contribution in [2.24, 2.45) is 55.7 Å². The average molecular weight is 803 g/mol. The van der Waals surface area contributed by atoms with Crippen molar-refractivity contribution in [3.05, 3.63) is 68.6 Å². The first-order valence-corrected chi connectivity index (χ1v) is 23.4. The summed E-state index contributed by atoms with van der Waals surface area (Å²) >= 11 is 0.